The van der Waals surface area contributed by atoms with Crippen molar-refractivity contribution >= 4 is 23.8 Å². The second-order valence-electron chi connectivity index (χ2n) is 22.7. The summed E-state index contributed by atoms with van der Waals surface area (Å²) in [5.74, 6) is 3.75. The van der Waals surface area contributed by atoms with E-state index in [1.165, 1.54) is 25.7 Å². The van der Waals surface area contributed by atoms with Crippen LogP contribution in [0.15, 0.2) is 36.7 Å². The summed E-state index contributed by atoms with van der Waals surface area (Å²) >= 11 is 5.76. The Labute approximate surface area is 386 Å². The Morgan fingerprint density at radius 2 is 1.06 bits per heavy atom. The van der Waals surface area contributed by atoms with Gasteiger partial charge in [-0.05, 0) is 178 Å². The number of aromatic nitrogens is 2. The van der Waals surface area contributed by atoms with Crippen LogP contribution in [0.25, 0.3) is 0 Å². The van der Waals surface area contributed by atoms with Gasteiger partial charge in [-0.25, -0.2) is 14.6 Å². The number of likely N-dealkylation sites (tertiary alicyclic amines) is 2. The van der Waals surface area contributed by atoms with Crippen molar-refractivity contribution in [2.75, 3.05) is 26.2 Å². The van der Waals surface area contributed by atoms with E-state index >= 15 is 0 Å². The van der Waals surface area contributed by atoms with Gasteiger partial charge in [-0.1, -0.05) is 53.1 Å². The van der Waals surface area contributed by atoms with Gasteiger partial charge in [-0.15, -0.1) is 0 Å². The van der Waals surface area contributed by atoms with Gasteiger partial charge in [-0.3, -0.25) is 4.98 Å². The largest absolute Gasteiger partial charge is 0.489 e. The summed E-state index contributed by atoms with van der Waals surface area (Å²) in [4.78, 5) is 36.2. The second-order valence-corrected chi connectivity index (χ2v) is 23.1. The highest BCUT2D eigenvalue weighted by Gasteiger charge is 2.33. The third-order valence-electron chi connectivity index (χ3n) is 12.7. The Morgan fingerprint density at radius 1 is 0.619 bits per heavy atom. The number of halogens is 1. The van der Waals surface area contributed by atoms with Gasteiger partial charge >= 0.3 is 12.2 Å². The molecule has 2 saturated carbocycles. The van der Waals surface area contributed by atoms with E-state index in [9.17, 15) is 9.59 Å². The van der Waals surface area contributed by atoms with Crippen molar-refractivity contribution in [2.45, 2.75) is 196 Å². The molecule has 2 aliphatic carbocycles. The monoisotopic (exact) mass is 898 g/mol. The highest BCUT2D eigenvalue weighted by molar-refractivity contribution is 6.29. The third kappa shape index (κ3) is 19.4. The van der Waals surface area contributed by atoms with Crippen molar-refractivity contribution in [3.8, 4) is 11.5 Å². The average molecular weight is 899 g/mol. The maximum Gasteiger partial charge on any atom is 0.410 e. The number of ether oxygens (including phenoxy) is 4. The third-order valence-corrected chi connectivity index (χ3v) is 12.9. The van der Waals surface area contributed by atoms with Crippen LogP contribution < -0.4 is 15.2 Å². The zero-order valence-electron chi connectivity index (χ0n) is 41.1. The fraction of sp³-hybridized carbons (Fsp3) is 0.765. The number of nitrogens with zero attached hydrogens (tertiary/aromatic N) is 4. The van der Waals surface area contributed by atoms with E-state index in [0.717, 1.165) is 106 Å². The van der Waals surface area contributed by atoms with Crippen LogP contribution in [0.5, 0.6) is 11.5 Å². The van der Waals surface area contributed by atoms with Crippen LogP contribution in [0.4, 0.5) is 9.59 Å². The molecule has 12 heteroatoms. The van der Waals surface area contributed by atoms with Gasteiger partial charge in [0.2, 0.25) is 0 Å². The first-order chi connectivity index (χ1) is 29.3. The summed E-state index contributed by atoms with van der Waals surface area (Å²) in [6.45, 7) is 28.3. The van der Waals surface area contributed by atoms with Crippen LogP contribution in [-0.2, 0) is 15.9 Å². The number of hydrogen-bond acceptors (Lipinski definition) is 9. The zero-order chi connectivity index (χ0) is 46.6. The van der Waals surface area contributed by atoms with Gasteiger partial charge in [0.05, 0.1) is 24.6 Å². The molecular weight excluding hydrogens is 814 g/mol. The molecule has 11 nitrogen and oxygen atoms in total. The van der Waals surface area contributed by atoms with E-state index in [4.69, 9.17) is 36.3 Å². The highest BCUT2D eigenvalue weighted by Crippen LogP contribution is 2.40. The average Bonchev–Trinajstić information content (AvgIpc) is 3.19. The number of pyridine rings is 2. The van der Waals surface area contributed by atoms with Crippen molar-refractivity contribution in [2.24, 2.45) is 34.3 Å². The quantitative estimate of drug-likeness (QED) is 0.282. The van der Waals surface area contributed by atoms with Crippen LogP contribution in [0, 0.1) is 28.6 Å². The van der Waals surface area contributed by atoms with E-state index in [-0.39, 0.29) is 18.2 Å². The summed E-state index contributed by atoms with van der Waals surface area (Å²) in [6.07, 6.45) is 18.3. The molecule has 356 valence electrons. The second kappa shape index (κ2) is 23.2. The molecular formula is C51H84ClN5O6. The fourth-order valence-corrected chi connectivity index (χ4v) is 9.15. The van der Waals surface area contributed by atoms with Gasteiger partial charge in [0.1, 0.15) is 27.9 Å². The van der Waals surface area contributed by atoms with Crippen molar-refractivity contribution in [3.63, 3.8) is 0 Å². The van der Waals surface area contributed by atoms with Crippen LogP contribution in [0.3, 0.4) is 0 Å². The molecule has 4 fully saturated rings. The Morgan fingerprint density at radius 3 is 1.46 bits per heavy atom. The van der Waals surface area contributed by atoms with Gasteiger partial charge in [0.25, 0.3) is 0 Å². The summed E-state index contributed by atoms with van der Waals surface area (Å²) in [7, 11) is 0. The molecule has 2 aliphatic heterocycles. The first-order valence-electron chi connectivity index (χ1n) is 23.9. The Kier molecular flexibility index (Phi) is 19.3. The molecule has 2 amide bonds. The van der Waals surface area contributed by atoms with E-state index in [1.807, 2.05) is 58.7 Å². The zero-order valence-corrected chi connectivity index (χ0v) is 41.9. The molecule has 63 heavy (non-hydrogen) atoms. The molecule has 4 heterocycles. The van der Waals surface area contributed by atoms with Crippen LogP contribution in [0.1, 0.15) is 166 Å². The molecule has 6 rings (SSSR count). The first kappa shape index (κ1) is 52.3. The molecule has 0 spiro atoms. The molecule has 0 radical (unpaired) electrons. The SMILES string of the molecule is CC(C)(C)C1CCC(Oc2ccc(Cl)nc2)CC1.CC(C)(C)OC(=O)N1CCCC(Cc2ccc(OC3CCC(C(C)(C)C)CC3)cn2)C1.CC(C)(C)OC(=O)N1CCCC(N)C1. The van der Waals surface area contributed by atoms with E-state index in [1.54, 1.807) is 17.2 Å². The molecule has 2 N–H and O–H groups in total. The first-order valence-corrected chi connectivity index (χ1v) is 24.3. The van der Waals surface area contributed by atoms with Gasteiger partial charge < -0.3 is 34.5 Å². The van der Waals surface area contributed by atoms with Crippen LogP contribution >= 0.6 is 11.6 Å². The lowest BCUT2D eigenvalue weighted by molar-refractivity contribution is 0.0163. The summed E-state index contributed by atoms with van der Waals surface area (Å²) in [6, 6.07) is 7.93. The number of amides is 2. The van der Waals surface area contributed by atoms with Gasteiger partial charge in [0, 0.05) is 37.9 Å². The van der Waals surface area contributed by atoms with Crippen molar-refractivity contribution in [3.05, 3.63) is 47.5 Å². The molecule has 2 aromatic heterocycles. The molecule has 0 aromatic carbocycles. The number of rotatable bonds is 6. The molecule has 2 saturated heterocycles. The smallest absolute Gasteiger partial charge is 0.410 e. The van der Waals surface area contributed by atoms with Gasteiger partial charge in [-0.2, -0.15) is 0 Å². The predicted octanol–water partition coefficient (Wildman–Crippen LogP) is 12.3. The standard InChI is InChI=1S/C26H42N2O3.C15H22ClNO.C10H20N2O2/c1-25(2,3)20-9-12-22(13-10-20)30-23-14-11-21(27-17-23)16-19-8-7-15-28(18-19)24(29)31-26(4,5)6;1-15(2,3)11-4-6-12(7-5-11)18-13-8-9-14(16)17-10-13;1-10(2,3)14-9(13)12-6-4-5-8(11)7-12/h11,14,17,19-20,22H,7-10,12-13,15-16,18H2,1-6H3;8-12H,4-7H2,1-3H3;8H,4-7,11H2,1-3H3. The lowest BCUT2D eigenvalue weighted by atomic mass is 9.72. The number of piperidine rings is 2. The number of hydrogen-bond donors (Lipinski definition) is 1. The Hall–Kier alpha value is -3.31. The minimum Gasteiger partial charge on any atom is -0.489 e. The topological polar surface area (TPSA) is 129 Å². The number of nitrogens with two attached hydrogens (primary N) is 1. The maximum atomic E-state index is 12.4. The molecule has 0 bridgehead atoms. The van der Waals surface area contributed by atoms with E-state index < -0.39 is 11.2 Å². The summed E-state index contributed by atoms with van der Waals surface area (Å²) in [5, 5.41) is 0.513. The van der Waals surface area contributed by atoms with Gasteiger partial charge in [0.15, 0.2) is 0 Å². The van der Waals surface area contributed by atoms with E-state index in [0.29, 0.717) is 40.7 Å². The lowest BCUT2D eigenvalue weighted by Gasteiger charge is -2.36. The van der Waals surface area contributed by atoms with Crippen molar-refractivity contribution < 1.29 is 28.5 Å². The summed E-state index contributed by atoms with van der Waals surface area (Å²) in [5.41, 5.74) is 6.80. The molecule has 2 unspecified atom stereocenters. The number of carbonyl (C=O) groups excluding carboxylic acids is 2. The van der Waals surface area contributed by atoms with E-state index in [2.05, 4.69) is 63.6 Å². The summed E-state index contributed by atoms with van der Waals surface area (Å²) < 4.78 is 23.0. The molecule has 4 aliphatic rings. The van der Waals surface area contributed by atoms with Crippen molar-refractivity contribution in [1.29, 1.82) is 0 Å². The molecule has 2 atom stereocenters. The maximum absolute atomic E-state index is 12.4. The highest BCUT2D eigenvalue weighted by atomic mass is 35.5. The number of carbonyl (C=O) groups is 2. The van der Waals surface area contributed by atoms with Crippen LogP contribution in [0.2, 0.25) is 5.15 Å². The molecule has 2 aromatic rings. The fourth-order valence-electron chi connectivity index (χ4n) is 9.03. The van der Waals surface area contributed by atoms with Crippen molar-refractivity contribution in [1.82, 2.24) is 19.8 Å². The minimum atomic E-state index is -0.451. The minimum absolute atomic E-state index is 0.108. The van der Waals surface area contributed by atoms with Crippen LogP contribution in [-0.4, -0.2) is 87.6 Å². The Bertz CT molecular complexity index is 1660. The lowest BCUT2D eigenvalue weighted by Crippen LogP contribution is -2.47. The predicted molar refractivity (Wildman–Crippen MR) is 254 cm³/mol. The Balaban J connectivity index is 0.000000230. The normalized spacial score (nSPS) is 24.7.